The van der Waals surface area contributed by atoms with Crippen molar-refractivity contribution < 1.29 is 4.74 Å². The summed E-state index contributed by atoms with van der Waals surface area (Å²) < 4.78 is 5.75. The van der Waals surface area contributed by atoms with Gasteiger partial charge in [-0.25, -0.2) is 0 Å². The van der Waals surface area contributed by atoms with Gasteiger partial charge in [-0.15, -0.1) is 0 Å². The maximum atomic E-state index is 5.75. The molecule has 0 saturated heterocycles. The molecule has 2 aromatic carbocycles. The molecule has 0 aliphatic carbocycles. The van der Waals surface area contributed by atoms with Crippen molar-refractivity contribution in [3.8, 4) is 11.3 Å². The van der Waals surface area contributed by atoms with E-state index in [1.54, 1.807) is 0 Å². The second-order valence-corrected chi connectivity index (χ2v) is 5.20. The molecule has 3 rings (SSSR count). The fourth-order valence-corrected chi connectivity index (χ4v) is 2.37. The molecule has 0 unspecified atom stereocenters. The molecule has 1 aromatic heterocycles. The van der Waals surface area contributed by atoms with Crippen molar-refractivity contribution in [2.24, 2.45) is 0 Å². The van der Waals surface area contributed by atoms with Gasteiger partial charge >= 0.3 is 0 Å². The summed E-state index contributed by atoms with van der Waals surface area (Å²) in [4.78, 5) is 4.39. The van der Waals surface area contributed by atoms with Gasteiger partial charge in [-0.2, -0.15) is 0 Å². The minimum Gasteiger partial charge on any atom is -0.376 e. The van der Waals surface area contributed by atoms with Gasteiger partial charge in [-0.1, -0.05) is 54.6 Å². The third-order valence-electron chi connectivity index (χ3n) is 3.53. The number of rotatable bonds is 6. The smallest absolute Gasteiger partial charge is 0.0717 e. The van der Waals surface area contributed by atoms with Gasteiger partial charge in [0.1, 0.15) is 0 Å². The SMILES string of the molecule is c1ccc(COCCc2cccc(-c3ccccn3)c2)cc1. The van der Waals surface area contributed by atoms with Crippen LogP contribution in [0.4, 0.5) is 0 Å². The first-order valence-corrected chi connectivity index (χ1v) is 7.54. The Hall–Kier alpha value is -2.45. The predicted octanol–water partition coefficient (Wildman–Crippen LogP) is 4.51. The minimum atomic E-state index is 0.667. The molecular weight excluding hydrogens is 270 g/mol. The number of pyridine rings is 1. The van der Waals surface area contributed by atoms with Crippen molar-refractivity contribution in [3.63, 3.8) is 0 Å². The molecule has 0 amide bonds. The summed E-state index contributed by atoms with van der Waals surface area (Å²) in [6.07, 6.45) is 2.73. The molecule has 2 nitrogen and oxygen atoms in total. The van der Waals surface area contributed by atoms with Gasteiger partial charge in [0.25, 0.3) is 0 Å². The van der Waals surface area contributed by atoms with Gasteiger partial charge < -0.3 is 4.74 Å². The molecule has 0 atom stereocenters. The van der Waals surface area contributed by atoms with Crippen molar-refractivity contribution in [1.29, 1.82) is 0 Å². The molecule has 0 bridgehead atoms. The normalized spacial score (nSPS) is 10.5. The van der Waals surface area contributed by atoms with Crippen LogP contribution >= 0.6 is 0 Å². The molecule has 0 aliphatic heterocycles. The molecule has 110 valence electrons. The van der Waals surface area contributed by atoms with E-state index in [4.69, 9.17) is 4.74 Å². The maximum Gasteiger partial charge on any atom is 0.0717 e. The topological polar surface area (TPSA) is 22.1 Å². The van der Waals surface area contributed by atoms with Crippen LogP contribution in [-0.2, 0) is 17.8 Å². The Labute approximate surface area is 131 Å². The van der Waals surface area contributed by atoms with Crippen molar-refractivity contribution in [1.82, 2.24) is 4.98 Å². The summed E-state index contributed by atoms with van der Waals surface area (Å²) in [5.41, 5.74) is 4.65. The molecule has 0 spiro atoms. The third-order valence-corrected chi connectivity index (χ3v) is 3.53. The number of ether oxygens (including phenoxy) is 1. The summed E-state index contributed by atoms with van der Waals surface area (Å²) in [7, 11) is 0. The van der Waals surface area contributed by atoms with Gasteiger partial charge in [-0.05, 0) is 35.7 Å². The number of benzene rings is 2. The molecule has 22 heavy (non-hydrogen) atoms. The molecule has 0 fully saturated rings. The Balaban J connectivity index is 1.55. The lowest BCUT2D eigenvalue weighted by molar-refractivity contribution is 0.124. The van der Waals surface area contributed by atoms with Crippen molar-refractivity contribution in [2.45, 2.75) is 13.0 Å². The largest absolute Gasteiger partial charge is 0.376 e. The van der Waals surface area contributed by atoms with Crippen molar-refractivity contribution >= 4 is 0 Å². The molecule has 2 heteroatoms. The number of nitrogens with zero attached hydrogens (tertiary/aromatic N) is 1. The van der Waals surface area contributed by atoms with Crippen molar-refractivity contribution in [2.75, 3.05) is 6.61 Å². The van der Waals surface area contributed by atoms with Gasteiger partial charge in [-0.3, -0.25) is 4.98 Å². The lowest BCUT2D eigenvalue weighted by atomic mass is 10.1. The van der Waals surface area contributed by atoms with E-state index in [-0.39, 0.29) is 0 Å². The highest BCUT2D eigenvalue weighted by Crippen LogP contribution is 2.18. The monoisotopic (exact) mass is 289 g/mol. The zero-order valence-corrected chi connectivity index (χ0v) is 12.5. The van der Waals surface area contributed by atoms with Crippen LogP contribution < -0.4 is 0 Å². The van der Waals surface area contributed by atoms with E-state index < -0.39 is 0 Å². The van der Waals surface area contributed by atoms with E-state index >= 15 is 0 Å². The Morgan fingerprint density at radius 1 is 0.773 bits per heavy atom. The van der Waals surface area contributed by atoms with Gasteiger partial charge in [0.15, 0.2) is 0 Å². The van der Waals surface area contributed by atoms with Gasteiger partial charge in [0.2, 0.25) is 0 Å². The van der Waals surface area contributed by atoms with E-state index in [9.17, 15) is 0 Å². The first-order chi connectivity index (χ1) is 10.9. The van der Waals surface area contributed by atoms with Crippen LogP contribution in [0, 0.1) is 0 Å². The Morgan fingerprint density at radius 2 is 1.59 bits per heavy atom. The molecule has 3 aromatic rings. The van der Waals surface area contributed by atoms with Gasteiger partial charge in [0.05, 0.1) is 18.9 Å². The van der Waals surface area contributed by atoms with Gasteiger partial charge in [0, 0.05) is 11.8 Å². The third kappa shape index (κ3) is 4.03. The quantitative estimate of drug-likeness (QED) is 0.623. The van der Waals surface area contributed by atoms with Crippen LogP contribution in [-0.4, -0.2) is 11.6 Å². The Kier molecular flexibility index (Phi) is 4.96. The standard InChI is InChI=1S/C20H19NO/c1-2-7-18(8-3-1)16-22-14-12-17-9-6-10-19(15-17)20-11-4-5-13-21-20/h1-11,13,15H,12,14,16H2. The highest BCUT2D eigenvalue weighted by Gasteiger charge is 2.00. The molecule has 1 heterocycles. The van der Waals surface area contributed by atoms with E-state index in [1.165, 1.54) is 11.1 Å². The second-order valence-electron chi connectivity index (χ2n) is 5.20. The summed E-state index contributed by atoms with van der Waals surface area (Å²) in [6, 6.07) is 24.7. The van der Waals surface area contributed by atoms with Crippen LogP contribution in [0.2, 0.25) is 0 Å². The minimum absolute atomic E-state index is 0.667. The van der Waals surface area contributed by atoms with Crippen LogP contribution in [0.15, 0.2) is 79.0 Å². The molecular formula is C20H19NO. The second kappa shape index (κ2) is 7.53. The summed E-state index contributed by atoms with van der Waals surface area (Å²) in [5.74, 6) is 0. The van der Waals surface area contributed by atoms with Crippen LogP contribution in [0.5, 0.6) is 0 Å². The molecule has 0 saturated carbocycles. The zero-order chi connectivity index (χ0) is 15.0. The summed E-state index contributed by atoms with van der Waals surface area (Å²) >= 11 is 0. The summed E-state index contributed by atoms with van der Waals surface area (Å²) in [6.45, 7) is 1.39. The lowest BCUT2D eigenvalue weighted by Gasteiger charge is -2.06. The van der Waals surface area contributed by atoms with E-state index in [0.717, 1.165) is 24.3 Å². The average Bonchev–Trinajstić information content (AvgIpc) is 2.61. The predicted molar refractivity (Wildman–Crippen MR) is 89.5 cm³/mol. The number of aromatic nitrogens is 1. The van der Waals surface area contributed by atoms with E-state index in [0.29, 0.717) is 6.61 Å². The van der Waals surface area contributed by atoms with E-state index in [2.05, 4.69) is 41.4 Å². The van der Waals surface area contributed by atoms with Crippen molar-refractivity contribution in [3.05, 3.63) is 90.1 Å². The Morgan fingerprint density at radius 3 is 2.41 bits per heavy atom. The first-order valence-electron chi connectivity index (χ1n) is 7.54. The Bertz CT molecular complexity index is 695. The fourth-order valence-electron chi connectivity index (χ4n) is 2.37. The average molecular weight is 289 g/mol. The highest BCUT2D eigenvalue weighted by molar-refractivity contribution is 5.59. The molecule has 0 radical (unpaired) electrons. The zero-order valence-electron chi connectivity index (χ0n) is 12.5. The number of hydrogen-bond donors (Lipinski definition) is 0. The van der Waals surface area contributed by atoms with Crippen LogP contribution in [0.25, 0.3) is 11.3 Å². The molecule has 0 aliphatic rings. The summed E-state index contributed by atoms with van der Waals surface area (Å²) in [5, 5.41) is 0. The first kappa shape index (κ1) is 14.5. The lowest BCUT2D eigenvalue weighted by Crippen LogP contribution is -1.99. The number of hydrogen-bond acceptors (Lipinski definition) is 2. The van der Waals surface area contributed by atoms with Crippen LogP contribution in [0.1, 0.15) is 11.1 Å². The molecule has 0 N–H and O–H groups in total. The highest BCUT2D eigenvalue weighted by atomic mass is 16.5. The maximum absolute atomic E-state index is 5.75. The fraction of sp³-hybridized carbons (Fsp3) is 0.150. The van der Waals surface area contributed by atoms with E-state index in [1.807, 2.05) is 42.6 Å². The van der Waals surface area contributed by atoms with Crippen LogP contribution in [0.3, 0.4) is 0 Å².